The van der Waals surface area contributed by atoms with E-state index in [0.717, 1.165) is 0 Å². The van der Waals surface area contributed by atoms with Crippen LogP contribution < -0.4 is 4.72 Å². The minimum Gasteiger partial charge on any atom is -0.245 e. The molecule has 0 unspecified atom stereocenters. The molecule has 0 aliphatic heterocycles. The predicted molar refractivity (Wildman–Crippen MR) is 63.7 cm³/mol. The topological polar surface area (TPSA) is 89.8 Å². The number of halogens is 1. The van der Waals surface area contributed by atoms with Crippen molar-refractivity contribution in [3.05, 3.63) is 28.7 Å². The third-order valence-electron chi connectivity index (χ3n) is 1.84. The van der Waals surface area contributed by atoms with Crippen LogP contribution >= 0.6 is 15.9 Å². The van der Waals surface area contributed by atoms with Crippen molar-refractivity contribution in [3.8, 4) is 0 Å². The second-order valence-electron chi connectivity index (χ2n) is 3.17. The highest BCUT2D eigenvalue weighted by molar-refractivity contribution is 9.10. The average molecular weight is 318 g/mol. The summed E-state index contributed by atoms with van der Waals surface area (Å²) in [4.78, 5) is 1.29. The smallest absolute Gasteiger partial charge is 0.245 e. The van der Waals surface area contributed by atoms with Crippen molar-refractivity contribution < 1.29 is 8.42 Å². The van der Waals surface area contributed by atoms with Gasteiger partial charge in [-0.2, -0.15) is 4.80 Å². The van der Waals surface area contributed by atoms with E-state index in [1.807, 2.05) is 0 Å². The van der Waals surface area contributed by atoms with Crippen LogP contribution in [0.4, 0.5) is 5.95 Å². The number of aromatic nitrogens is 4. The van der Waals surface area contributed by atoms with Gasteiger partial charge in [0.25, 0.3) is 16.0 Å². The zero-order valence-corrected chi connectivity index (χ0v) is 11.1. The van der Waals surface area contributed by atoms with Crippen molar-refractivity contribution in [1.82, 2.24) is 20.2 Å². The lowest BCUT2D eigenvalue weighted by Gasteiger charge is -2.03. The summed E-state index contributed by atoms with van der Waals surface area (Å²) in [5, 5.41) is 10.8. The molecule has 0 radical (unpaired) electrons. The van der Waals surface area contributed by atoms with Gasteiger partial charge in [-0.15, -0.1) is 5.10 Å². The first-order valence-electron chi connectivity index (χ1n) is 4.50. The molecule has 1 N–H and O–H groups in total. The van der Waals surface area contributed by atoms with Crippen LogP contribution in [-0.2, 0) is 17.1 Å². The van der Waals surface area contributed by atoms with E-state index in [1.54, 1.807) is 19.2 Å². The van der Waals surface area contributed by atoms with Crippen LogP contribution in [0.15, 0.2) is 33.6 Å². The zero-order chi connectivity index (χ0) is 12.5. The fourth-order valence-corrected chi connectivity index (χ4v) is 2.67. The molecule has 0 spiro atoms. The van der Waals surface area contributed by atoms with E-state index >= 15 is 0 Å². The van der Waals surface area contributed by atoms with Crippen LogP contribution in [0.3, 0.4) is 0 Å². The van der Waals surface area contributed by atoms with E-state index in [1.165, 1.54) is 16.9 Å². The van der Waals surface area contributed by atoms with E-state index in [2.05, 4.69) is 36.1 Å². The summed E-state index contributed by atoms with van der Waals surface area (Å²) >= 11 is 3.20. The van der Waals surface area contributed by atoms with Gasteiger partial charge in [-0.1, -0.05) is 27.1 Å². The zero-order valence-electron chi connectivity index (χ0n) is 8.70. The quantitative estimate of drug-likeness (QED) is 0.903. The fraction of sp³-hybridized carbons (Fsp3) is 0.125. The number of aryl methyl sites for hydroxylation is 1. The Morgan fingerprint density at radius 2 is 2.18 bits per heavy atom. The molecule has 1 aromatic heterocycles. The van der Waals surface area contributed by atoms with Crippen LogP contribution in [-0.4, -0.2) is 28.6 Å². The van der Waals surface area contributed by atoms with Crippen LogP contribution in [0.25, 0.3) is 0 Å². The van der Waals surface area contributed by atoms with Gasteiger partial charge in [-0.05, 0) is 23.4 Å². The minimum absolute atomic E-state index is 0.0625. The summed E-state index contributed by atoms with van der Waals surface area (Å²) in [6, 6.07) is 6.32. The van der Waals surface area contributed by atoms with Crippen LogP contribution in [0.2, 0.25) is 0 Å². The van der Waals surface area contributed by atoms with Crippen molar-refractivity contribution >= 4 is 31.9 Å². The van der Waals surface area contributed by atoms with E-state index in [-0.39, 0.29) is 10.8 Å². The summed E-state index contributed by atoms with van der Waals surface area (Å²) in [5.74, 6) is -0.0625. The van der Waals surface area contributed by atoms with Crippen molar-refractivity contribution in [2.75, 3.05) is 4.72 Å². The first-order valence-corrected chi connectivity index (χ1v) is 6.77. The molecule has 0 atom stereocenters. The average Bonchev–Trinajstić information content (AvgIpc) is 2.63. The standard InChI is InChI=1S/C8H8BrN5O2S/c1-14-11-8(10-13-14)12-17(15,16)7-4-2-3-6(9)5-7/h2-5H,1H3,(H,11,12). The van der Waals surface area contributed by atoms with Crippen molar-refractivity contribution in [2.24, 2.45) is 7.05 Å². The Hall–Kier alpha value is -1.48. The molecule has 9 heteroatoms. The highest BCUT2D eigenvalue weighted by Crippen LogP contribution is 2.17. The Morgan fingerprint density at radius 3 is 2.76 bits per heavy atom. The molecule has 0 aliphatic carbocycles. The van der Waals surface area contributed by atoms with E-state index in [0.29, 0.717) is 4.47 Å². The van der Waals surface area contributed by atoms with Gasteiger partial charge in [-0.3, -0.25) is 0 Å². The molecule has 17 heavy (non-hydrogen) atoms. The molecule has 7 nitrogen and oxygen atoms in total. The maximum Gasteiger partial charge on any atom is 0.277 e. The molecule has 0 amide bonds. The van der Waals surface area contributed by atoms with Gasteiger partial charge < -0.3 is 0 Å². The van der Waals surface area contributed by atoms with Gasteiger partial charge in [0.2, 0.25) is 0 Å². The number of rotatable bonds is 3. The molecule has 0 bridgehead atoms. The number of sulfonamides is 1. The van der Waals surface area contributed by atoms with Gasteiger partial charge in [0.15, 0.2) is 0 Å². The number of nitrogens with zero attached hydrogens (tertiary/aromatic N) is 4. The van der Waals surface area contributed by atoms with Gasteiger partial charge in [0.1, 0.15) is 0 Å². The molecule has 1 heterocycles. The summed E-state index contributed by atoms with van der Waals surface area (Å²) in [5.41, 5.74) is 0. The molecular weight excluding hydrogens is 310 g/mol. The Bertz CT molecular complexity index is 639. The molecule has 90 valence electrons. The predicted octanol–water partition coefficient (Wildman–Crippen LogP) is 0.773. The Balaban J connectivity index is 2.31. The molecule has 0 saturated carbocycles. The first-order chi connectivity index (χ1) is 7.97. The molecular formula is C8H8BrN5O2S. The molecule has 0 saturated heterocycles. The molecule has 1 aromatic carbocycles. The Labute approximate surface area is 106 Å². The number of benzene rings is 1. The van der Waals surface area contributed by atoms with Gasteiger partial charge in [-0.25, -0.2) is 13.1 Å². The normalized spacial score (nSPS) is 11.4. The lowest BCUT2D eigenvalue weighted by atomic mass is 10.4. The lowest BCUT2D eigenvalue weighted by molar-refractivity contribution is 0.600. The maximum atomic E-state index is 11.9. The highest BCUT2D eigenvalue weighted by atomic mass is 79.9. The number of nitrogens with one attached hydrogen (secondary N) is 1. The van der Waals surface area contributed by atoms with Crippen LogP contribution in [0.1, 0.15) is 0 Å². The molecule has 2 aromatic rings. The lowest BCUT2D eigenvalue weighted by Crippen LogP contribution is -2.14. The molecule has 0 fully saturated rings. The summed E-state index contributed by atoms with van der Waals surface area (Å²) < 4.78 is 26.7. The monoisotopic (exact) mass is 317 g/mol. The van der Waals surface area contributed by atoms with Crippen LogP contribution in [0.5, 0.6) is 0 Å². The van der Waals surface area contributed by atoms with Gasteiger partial charge in [0.05, 0.1) is 11.9 Å². The minimum atomic E-state index is -3.68. The van der Waals surface area contributed by atoms with Gasteiger partial charge in [0, 0.05) is 4.47 Å². The number of tetrazole rings is 1. The van der Waals surface area contributed by atoms with Crippen molar-refractivity contribution in [2.45, 2.75) is 4.90 Å². The van der Waals surface area contributed by atoms with Crippen molar-refractivity contribution in [1.29, 1.82) is 0 Å². The van der Waals surface area contributed by atoms with E-state index < -0.39 is 10.0 Å². The first kappa shape index (κ1) is 12.0. The Kier molecular flexibility index (Phi) is 3.11. The number of anilines is 1. The molecule has 2 rings (SSSR count). The highest BCUT2D eigenvalue weighted by Gasteiger charge is 2.16. The summed E-state index contributed by atoms with van der Waals surface area (Å²) in [7, 11) is -2.14. The maximum absolute atomic E-state index is 11.9. The van der Waals surface area contributed by atoms with E-state index in [4.69, 9.17) is 0 Å². The second-order valence-corrected chi connectivity index (χ2v) is 5.76. The number of hydrogen-bond donors (Lipinski definition) is 1. The van der Waals surface area contributed by atoms with Crippen LogP contribution in [0, 0.1) is 0 Å². The SMILES string of the molecule is Cn1nnc(NS(=O)(=O)c2cccc(Br)c2)n1. The summed E-state index contributed by atoms with van der Waals surface area (Å²) in [6.45, 7) is 0. The van der Waals surface area contributed by atoms with Crippen molar-refractivity contribution in [3.63, 3.8) is 0 Å². The Morgan fingerprint density at radius 1 is 1.41 bits per heavy atom. The largest absolute Gasteiger partial charge is 0.277 e. The van der Waals surface area contributed by atoms with E-state index in [9.17, 15) is 8.42 Å². The summed E-state index contributed by atoms with van der Waals surface area (Å²) in [6.07, 6.45) is 0. The fourth-order valence-electron chi connectivity index (χ4n) is 1.14. The third-order valence-corrected chi connectivity index (χ3v) is 3.66. The molecule has 0 aliphatic rings. The van der Waals surface area contributed by atoms with Gasteiger partial charge >= 0.3 is 0 Å². The second kappa shape index (κ2) is 4.41. The number of hydrogen-bond acceptors (Lipinski definition) is 5. The third kappa shape index (κ3) is 2.80.